The van der Waals surface area contributed by atoms with Crippen molar-refractivity contribution in [3.8, 4) is 11.1 Å². The fourth-order valence-electron chi connectivity index (χ4n) is 1.29. The predicted molar refractivity (Wildman–Crippen MR) is 56.7 cm³/mol. The fourth-order valence-corrected chi connectivity index (χ4v) is 2.01. The maximum atomic E-state index is 5.66. The zero-order valence-electron chi connectivity index (χ0n) is 7.32. The van der Waals surface area contributed by atoms with Crippen LogP contribution in [-0.2, 0) is 0 Å². The van der Waals surface area contributed by atoms with Crippen LogP contribution in [0.3, 0.4) is 0 Å². The van der Waals surface area contributed by atoms with Gasteiger partial charge in [0.05, 0.1) is 5.69 Å². The maximum Gasteiger partial charge on any atom is 0.0506 e. The van der Waals surface area contributed by atoms with Gasteiger partial charge in [0.15, 0.2) is 0 Å². The number of nitrogen functional groups attached to an aromatic ring is 1. The van der Waals surface area contributed by atoms with Crippen LogP contribution < -0.4 is 5.73 Å². The molecule has 0 unspecified atom stereocenters. The van der Waals surface area contributed by atoms with Crippen molar-refractivity contribution >= 4 is 17.0 Å². The SMILES string of the molecule is Cc1sccc1-c1cncc(N)c1. The zero-order chi connectivity index (χ0) is 9.26. The molecule has 0 amide bonds. The summed E-state index contributed by atoms with van der Waals surface area (Å²) < 4.78 is 0. The molecule has 13 heavy (non-hydrogen) atoms. The summed E-state index contributed by atoms with van der Waals surface area (Å²) in [5.74, 6) is 0. The molecule has 0 atom stereocenters. The highest BCUT2D eigenvalue weighted by molar-refractivity contribution is 7.10. The van der Waals surface area contributed by atoms with Crippen molar-refractivity contribution in [2.75, 3.05) is 5.73 Å². The molecule has 2 rings (SSSR count). The lowest BCUT2D eigenvalue weighted by atomic mass is 10.1. The Labute approximate surface area is 81.1 Å². The summed E-state index contributed by atoms with van der Waals surface area (Å²) in [5.41, 5.74) is 8.69. The van der Waals surface area contributed by atoms with Gasteiger partial charge in [0.2, 0.25) is 0 Å². The molecule has 0 bridgehead atoms. The maximum absolute atomic E-state index is 5.66. The summed E-state index contributed by atoms with van der Waals surface area (Å²) >= 11 is 1.74. The molecule has 2 heterocycles. The van der Waals surface area contributed by atoms with Gasteiger partial charge in [-0.15, -0.1) is 11.3 Å². The number of aromatic nitrogens is 1. The number of anilines is 1. The molecule has 2 aromatic rings. The van der Waals surface area contributed by atoms with E-state index in [4.69, 9.17) is 5.73 Å². The number of nitrogens with two attached hydrogens (primary N) is 1. The second-order valence-corrected chi connectivity index (χ2v) is 4.02. The number of hydrogen-bond donors (Lipinski definition) is 1. The molecule has 3 heteroatoms. The quantitative estimate of drug-likeness (QED) is 0.751. The lowest BCUT2D eigenvalue weighted by molar-refractivity contribution is 1.33. The molecule has 0 aliphatic carbocycles. The first-order chi connectivity index (χ1) is 6.27. The molecular weight excluding hydrogens is 180 g/mol. The summed E-state index contributed by atoms with van der Waals surface area (Å²) in [6, 6.07) is 4.04. The van der Waals surface area contributed by atoms with Crippen molar-refractivity contribution in [1.82, 2.24) is 4.98 Å². The molecule has 2 nitrogen and oxygen atoms in total. The molecule has 0 spiro atoms. The van der Waals surface area contributed by atoms with E-state index >= 15 is 0 Å². The Hall–Kier alpha value is -1.35. The van der Waals surface area contributed by atoms with Crippen molar-refractivity contribution in [3.63, 3.8) is 0 Å². The van der Waals surface area contributed by atoms with E-state index in [9.17, 15) is 0 Å². The van der Waals surface area contributed by atoms with Crippen LogP contribution in [0.25, 0.3) is 11.1 Å². The van der Waals surface area contributed by atoms with Crippen LogP contribution in [0.1, 0.15) is 4.88 Å². The first kappa shape index (κ1) is 8.26. The Morgan fingerprint density at radius 3 is 2.85 bits per heavy atom. The van der Waals surface area contributed by atoms with Gasteiger partial charge in [-0.3, -0.25) is 4.98 Å². The molecule has 2 N–H and O–H groups in total. The van der Waals surface area contributed by atoms with Gasteiger partial charge in [-0.2, -0.15) is 0 Å². The first-order valence-corrected chi connectivity index (χ1v) is 4.90. The number of pyridine rings is 1. The van der Waals surface area contributed by atoms with Gasteiger partial charge < -0.3 is 5.73 Å². The number of rotatable bonds is 1. The van der Waals surface area contributed by atoms with Crippen LogP contribution in [-0.4, -0.2) is 4.98 Å². The van der Waals surface area contributed by atoms with Crippen molar-refractivity contribution in [3.05, 3.63) is 34.8 Å². The van der Waals surface area contributed by atoms with Gasteiger partial charge in [-0.25, -0.2) is 0 Å². The van der Waals surface area contributed by atoms with E-state index in [-0.39, 0.29) is 0 Å². The summed E-state index contributed by atoms with van der Waals surface area (Å²) in [6.07, 6.45) is 3.50. The normalized spacial score (nSPS) is 10.2. The molecule has 0 aromatic carbocycles. The second kappa shape index (κ2) is 3.18. The third kappa shape index (κ3) is 1.55. The summed E-state index contributed by atoms with van der Waals surface area (Å²) in [5, 5.41) is 2.08. The number of thiophene rings is 1. The van der Waals surface area contributed by atoms with Gasteiger partial charge in [0.1, 0.15) is 0 Å². The fraction of sp³-hybridized carbons (Fsp3) is 0.100. The van der Waals surface area contributed by atoms with Crippen LogP contribution >= 0.6 is 11.3 Å². The molecule has 0 radical (unpaired) electrons. The largest absolute Gasteiger partial charge is 0.397 e. The molecule has 66 valence electrons. The van der Waals surface area contributed by atoms with Crippen LogP contribution in [0.2, 0.25) is 0 Å². The minimum absolute atomic E-state index is 0.711. The van der Waals surface area contributed by atoms with Gasteiger partial charge in [0, 0.05) is 22.8 Å². The Balaban J connectivity index is 2.53. The Bertz CT molecular complexity index is 420. The van der Waals surface area contributed by atoms with Crippen LogP contribution in [0.4, 0.5) is 5.69 Å². The van der Waals surface area contributed by atoms with Crippen molar-refractivity contribution in [1.29, 1.82) is 0 Å². The minimum Gasteiger partial charge on any atom is -0.397 e. The predicted octanol–water partition coefficient (Wildman–Crippen LogP) is 2.70. The van der Waals surface area contributed by atoms with Gasteiger partial charge in [-0.1, -0.05) is 0 Å². The van der Waals surface area contributed by atoms with E-state index in [0.717, 1.165) is 5.56 Å². The van der Waals surface area contributed by atoms with Crippen molar-refractivity contribution in [2.45, 2.75) is 6.92 Å². The monoisotopic (exact) mass is 190 g/mol. The number of aryl methyl sites for hydroxylation is 1. The van der Waals surface area contributed by atoms with Crippen LogP contribution in [0.5, 0.6) is 0 Å². The molecular formula is C10H10N2S. The Morgan fingerprint density at radius 2 is 2.23 bits per heavy atom. The molecule has 2 aromatic heterocycles. The van der Waals surface area contributed by atoms with Gasteiger partial charge >= 0.3 is 0 Å². The van der Waals surface area contributed by atoms with Gasteiger partial charge in [0.25, 0.3) is 0 Å². The van der Waals surface area contributed by atoms with Crippen LogP contribution in [0.15, 0.2) is 29.9 Å². The van der Waals surface area contributed by atoms with Crippen molar-refractivity contribution in [2.24, 2.45) is 0 Å². The smallest absolute Gasteiger partial charge is 0.0506 e. The molecule has 0 aliphatic heterocycles. The Kier molecular flexibility index (Phi) is 2.02. The molecule has 0 saturated heterocycles. The average molecular weight is 190 g/mol. The van der Waals surface area contributed by atoms with E-state index in [1.807, 2.05) is 12.3 Å². The lowest BCUT2D eigenvalue weighted by Gasteiger charge is -2.00. The summed E-state index contributed by atoms with van der Waals surface area (Å²) in [4.78, 5) is 5.36. The summed E-state index contributed by atoms with van der Waals surface area (Å²) in [6.45, 7) is 2.10. The highest BCUT2D eigenvalue weighted by Crippen LogP contribution is 2.27. The average Bonchev–Trinajstić information content (AvgIpc) is 2.51. The third-order valence-corrected chi connectivity index (χ3v) is 2.77. The van der Waals surface area contributed by atoms with E-state index < -0.39 is 0 Å². The second-order valence-electron chi connectivity index (χ2n) is 2.90. The minimum atomic E-state index is 0.711. The summed E-state index contributed by atoms with van der Waals surface area (Å²) in [7, 11) is 0. The van der Waals surface area contributed by atoms with Crippen LogP contribution in [0, 0.1) is 6.92 Å². The first-order valence-electron chi connectivity index (χ1n) is 4.02. The van der Waals surface area contributed by atoms with E-state index in [0.29, 0.717) is 5.69 Å². The van der Waals surface area contributed by atoms with E-state index in [1.165, 1.54) is 10.4 Å². The number of nitrogens with zero attached hydrogens (tertiary/aromatic N) is 1. The standard InChI is InChI=1S/C10H10N2S/c1-7-10(2-3-13-7)8-4-9(11)6-12-5-8/h2-6H,11H2,1H3. The number of hydrogen-bond acceptors (Lipinski definition) is 3. The van der Waals surface area contributed by atoms with Gasteiger partial charge in [-0.05, 0) is 30.0 Å². The molecule has 0 fully saturated rings. The molecule has 0 aliphatic rings. The van der Waals surface area contributed by atoms with E-state index in [2.05, 4.69) is 23.4 Å². The zero-order valence-corrected chi connectivity index (χ0v) is 8.14. The lowest BCUT2D eigenvalue weighted by Crippen LogP contribution is -1.87. The highest BCUT2D eigenvalue weighted by Gasteiger charge is 2.02. The third-order valence-electron chi connectivity index (χ3n) is 1.93. The highest BCUT2D eigenvalue weighted by atomic mass is 32.1. The van der Waals surface area contributed by atoms with Crippen molar-refractivity contribution < 1.29 is 0 Å². The molecule has 0 saturated carbocycles. The Morgan fingerprint density at radius 1 is 1.38 bits per heavy atom. The van der Waals surface area contributed by atoms with E-state index in [1.54, 1.807) is 17.5 Å². The topological polar surface area (TPSA) is 38.9 Å².